The third-order valence-corrected chi connectivity index (χ3v) is 4.84. The number of halogens is 2. The highest BCUT2D eigenvalue weighted by Crippen LogP contribution is 2.23. The highest BCUT2D eigenvalue weighted by Gasteiger charge is 2.12. The van der Waals surface area contributed by atoms with E-state index in [4.69, 9.17) is 23.2 Å². The van der Waals surface area contributed by atoms with E-state index < -0.39 is 5.91 Å². The van der Waals surface area contributed by atoms with Crippen LogP contribution in [0.5, 0.6) is 11.5 Å². The number of nitrogens with zero attached hydrogens (tertiary/aromatic N) is 1. The van der Waals surface area contributed by atoms with Crippen LogP contribution in [0.4, 0.5) is 5.69 Å². The van der Waals surface area contributed by atoms with Crippen molar-refractivity contribution in [2.45, 2.75) is 6.92 Å². The topological polar surface area (TPSA) is 111 Å². The van der Waals surface area contributed by atoms with Crippen molar-refractivity contribution in [1.82, 2.24) is 5.43 Å². The Morgan fingerprint density at radius 2 is 1.55 bits per heavy atom. The van der Waals surface area contributed by atoms with E-state index >= 15 is 0 Å². The zero-order valence-corrected chi connectivity index (χ0v) is 17.7. The minimum atomic E-state index is -0.624. The minimum Gasteiger partial charge on any atom is -0.508 e. The fraction of sp³-hybridized carbons (Fsp3) is 0.0455. The van der Waals surface area contributed by atoms with Crippen molar-refractivity contribution in [3.05, 3.63) is 87.4 Å². The number of hydrazone groups is 1. The van der Waals surface area contributed by atoms with E-state index in [0.29, 0.717) is 27.5 Å². The molecule has 0 spiro atoms. The smallest absolute Gasteiger partial charge is 0.275 e. The van der Waals surface area contributed by atoms with E-state index in [1.165, 1.54) is 18.2 Å². The second-order valence-electron chi connectivity index (χ2n) is 6.50. The normalized spacial score (nSPS) is 11.1. The van der Waals surface area contributed by atoms with Crippen LogP contribution in [0.1, 0.15) is 33.2 Å². The molecular formula is C22H17Cl2N3O4. The average molecular weight is 458 g/mol. The summed E-state index contributed by atoms with van der Waals surface area (Å²) in [6, 6.07) is 15.1. The van der Waals surface area contributed by atoms with Crippen LogP contribution in [0.3, 0.4) is 0 Å². The van der Waals surface area contributed by atoms with Crippen LogP contribution >= 0.6 is 23.2 Å². The number of phenols is 2. The standard InChI is InChI=1S/C22H17Cl2N3O4/c1-12(26-27-22(31)18-9-7-16(28)11-20(18)29)13-2-5-15(6-3-13)25-21(30)17-8-4-14(23)10-19(17)24/h2-11,28-29H,1H3,(H,25,30)(H,27,31)/b26-12+. The zero-order chi connectivity index (χ0) is 22.5. The van der Waals surface area contributed by atoms with E-state index in [1.54, 1.807) is 43.3 Å². The number of hydrogen-bond donors (Lipinski definition) is 4. The van der Waals surface area contributed by atoms with Gasteiger partial charge in [-0.3, -0.25) is 9.59 Å². The Morgan fingerprint density at radius 3 is 2.19 bits per heavy atom. The molecule has 4 N–H and O–H groups in total. The average Bonchev–Trinajstić information content (AvgIpc) is 2.72. The van der Waals surface area contributed by atoms with Gasteiger partial charge < -0.3 is 15.5 Å². The molecule has 7 nitrogen and oxygen atoms in total. The summed E-state index contributed by atoms with van der Waals surface area (Å²) in [6.45, 7) is 1.69. The summed E-state index contributed by atoms with van der Waals surface area (Å²) >= 11 is 11.9. The molecule has 158 valence electrons. The lowest BCUT2D eigenvalue weighted by atomic mass is 10.1. The number of nitrogens with one attached hydrogen (secondary N) is 2. The first-order valence-corrected chi connectivity index (χ1v) is 9.73. The molecule has 0 saturated heterocycles. The van der Waals surface area contributed by atoms with E-state index in [0.717, 1.165) is 6.07 Å². The van der Waals surface area contributed by atoms with Crippen molar-refractivity contribution in [3.63, 3.8) is 0 Å². The van der Waals surface area contributed by atoms with Gasteiger partial charge in [-0.1, -0.05) is 35.3 Å². The molecule has 9 heteroatoms. The van der Waals surface area contributed by atoms with E-state index in [2.05, 4.69) is 15.8 Å². The van der Waals surface area contributed by atoms with Crippen LogP contribution in [0.25, 0.3) is 0 Å². The predicted molar refractivity (Wildman–Crippen MR) is 120 cm³/mol. The second-order valence-corrected chi connectivity index (χ2v) is 7.34. The SMILES string of the molecule is C/C(=N\NC(=O)c1ccc(O)cc1O)c1ccc(NC(=O)c2ccc(Cl)cc2Cl)cc1. The minimum absolute atomic E-state index is 0.0201. The lowest BCUT2D eigenvalue weighted by Gasteiger charge is -2.08. The number of carbonyl (C=O) groups excluding carboxylic acids is 2. The van der Waals surface area contributed by atoms with E-state index in [1.807, 2.05) is 0 Å². The number of amides is 2. The van der Waals surface area contributed by atoms with Gasteiger partial charge in [0.2, 0.25) is 0 Å². The van der Waals surface area contributed by atoms with E-state index in [9.17, 15) is 19.8 Å². The molecule has 2 amide bonds. The number of hydrogen-bond acceptors (Lipinski definition) is 5. The van der Waals surface area contributed by atoms with Crippen LogP contribution in [0.2, 0.25) is 10.0 Å². The van der Waals surface area contributed by atoms with Gasteiger partial charge in [0.15, 0.2) is 0 Å². The summed E-state index contributed by atoms with van der Waals surface area (Å²) in [6.07, 6.45) is 0. The van der Waals surface area contributed by atoms with Gasteiger partial charge in [-0.05, 0) is 55.0 Å². The van der Waals surface area contributed by atoms with Gasteiger partial charge in [-0.2, -0.15) is 5.10 Å². The Labute approximate surface area is 187 Å². The Kier molecular flexibility index (Phi) is 6.79. The molecule has 0 unspecified atom stereocenters. The zero-order valence-electron chi connectivity index (χ0n) is 16.2. The Bertz CT molecular complexity index is 1180. The molecule has 3 aromatic carbocycles. The number of phenolic OH excluding ortho intramolecular Hbond substituents is 2. The number of benzene rings is 3. The Balaban J connectivity index is 1.66. The first kappa shape index (κ1) is 22.1. The number of anilines is 1. The van der Waals surface area contributed by atoms with Gasteiger partial charge >= 0.3 is 0 Å². The highest BCUT2D eigenvalue weighted by molar-refractivity contribution is 6.37. The second kappa shape index (κ2) is 9.51. The van der Waals surface area contributed by atoms with E-state index in [-0.39, 0.29) is 28.0 Å². The molecule has 0 fully saturated rings. The monoisotopic (exact) mass is 457 g/mol. The van der Waals surface area contributed by atoms with Gasteiger partial charge in [0.1, 0.15) is 11.5 Å². The third kappa shape index (κ3) is 5.53. The quantitative estimate of drug-likeness (QED) is 0.325. The Morgan fingerprint density at radius 1 is 0.871 bits per heavy atom. The maximum absolute atomic E-state index is 12.4. The number of rotatable bonds is 5. The molecule has 0 radical (unpaired) electrons. The van der Waals surface area contributed by atoms with Crippen molar-refractivity contribution in [1.29, 1.82) is 0 Å². The van der Waals surface area contributed by atoms with Crippen molar-refractivity contribution in [2.75, 3.05) is 5.32 Å². The first-order chi connectivity index (χ1) is 14.7. The van der Waals surface area contributed by atoms with Crippen LogP contribution in [-0.4, -0.2) is 27.7 Å². The molecule has 0 aromatic heterocycles. The fourth-order valence-corrected chi connectivity index (χ4v) is 3.13. The lowest BCUT2D eigenvalue weighted by Crippen LogP contribution is -2.19. The van der Waals surface area contributed by atoms with Crippen LogP contribution in [0, 0.1) is 0 Å². The summed E-state index contributed by atoms with van der Waals surface area (Å²) in [4.78, 5) is 24.5. The number of carbonyl (C=O) groups is 2. The Hall–Kier alpha value is -3.55. The first-order valence-electron chi connectivity index (χ1n) is 8.98. The lowest BCUT2D eigenvalue weighted by molar-refractivity contribution is 0.0951. The fourth-order valence-electron chi connectivity index (χ4n) is 2.64. The highest BCUT2D eigenvalue weighted by atomic mass is 35.5. The van der Waals surface area contributed by atoms with Gasteiger partial charge in [-0.15, -0.1) is 0 Å². The van der Waals surface area contributed by atoms with Crippen LogP contribution in [-0.2, 0) is 0 Å². The van der Waals surface area contributed by atoms with Gasteiger partial charge in [0, 0.05) is 16.8 Å². The maximum atomic E-state index is 12.4. The molecule has 0 aliphatic rings. The molecular weight excluding hydrogens is 441 g/mol. The molecule has 31 heavy (non-hydrogen) atoms. The summed E-state index contributed by atoms with van der Waals surface area (Å²) in [5.74, 6) is -1.51. The van der Waals surface area contributed by atoms with Crippen LogP contribution in [0.15, 0.2) is 65.8 Å². The maximum Gasteiger partial charge on any atom is 0.275 e. The largest absolute Gasteiger partial charge is 0.508 e. The molecule has 3 aromatic rings. The molecule has 0 saturated carbocycles. The van der Waals surface area contributed by atoms with Crippen molar-refractivity contribution < 1.29 is 19.8 Å². The summed E-state index contributed by atoms with van der Waals surface area (Å²) in [7, 11) is 0. The van der Waals surface area contributed by atoms with Crippen molar-refractivity contribution in [3.8, 4) is 11.5 Å². The van der Waals surface area contributed by atoms with Crippen LogP contribution < -0.4 is 10.7 Å². The van der Waals surface area contributed by atoms with Gasteiger partial charge in [0.05, 0.1) is 21.9 Å². The molecule has 0 aliphatic carbocycles. The predicted octanol–water partition coefficient (Wildman–Crippen LogP) is 4.81. The van der Waals surface area contributed by atoms with Gasteiger partial charge in [-0.25, -0.2) is 5.43 Å². The number of aromatic hydroxyl groups is 2. The summed E-state index contributed by atoms with van der Waals surface area (Å²) in [5.41, 5.74) is 4.39. The molecule has 0 atom stereocenters. The molecule has 0 bridgehead atoms. The molecule has 0 heterocycles. The van der Waals surface area contributed by atoms with Crippen molar-refractivity contribution >= 4 is 46.4 Å². The molecule has 0 aliphatic heterocycles. The summed E-state index contributed by atoms with van der Waals surface area (Å²) < 4.78 is 0. The molecule has 3 rings (SSSR count). The summed E-state index contributed by atoms with van der Waals surface area (Å²) in [5, 5.41) is 26.5. The third-order valence-electron chi connectivity index (χ3n) is 4.29. The van der Waals surface area contributed by atoms with Gasteiger partial charge in [0.25, 0.3) is 11.8 Å². The van der Waals surface area contributed by atoms with Crippen molar-refractivity contribution in [2.24, 2.45) is 5.10 Å².